The van der Waals surface area contributed by atoms with E-state index in [0.29, 0.717) is 17.1 Å². The zero-order valence-corrected chi connectivity index (χ0v) is 8.45. The van der Waals surface area contributed by atoms with Gasteiger partial charge < -0.3 is 0 Å². The third kappa shape index (κ3) is 2.47. The van der Waals surface area contributed by atoms with Gasteiger partial charge in [0.05, 0.1) is 16.9 Å². The van der Waals surface area contributed by atoms with Crippen LogP contribution in [0.4, 0.5) is 4.39 Å². The van der Waals surface area contributed by atoms with Gasteiger partial charge in [-0.15, -0.1) is 0 Å². The van der Waals surface area contributed by atoms with Gasteiger partial charge in [0, 0.05) is 18.8 Å². The normalized spacial score (nSPS) is 10.3. The second-order valence-corrected chi connectivity index (χ2v) is 3.38. The van der Waals surface area contributed by atoms with Crippen LogP contribution in [0, 0.1) is 6.08 Å². The van der Waals surface area contributed by atoms with E-state index in [4.69, 9.17) is 11.6 Å². The van der Waals surface area contributed by atoms with Gasteiger partial charge in [-0.05, 0) is 11.6 Å². The first kappa shape index (κ1) is 9.98. The molecule has 0 aliphatic heterocycles. The number of hydrogen-bond donors (Lipinski definition) is 0. The van der Waals surface area contributed by atoms with Crippen LogP contribution in [-0.4, -0.2) is 15.0 Å². The van der Waals surface area contributed by atoms with E-state index in [-0.39, 0.29) is 0 Å². The van der Waals surface area contributed by atoms with Crippen LogP contribution in [0.2, 0.25) is 5.02 Å². The van der Waals surface area contributed by atoms with Gasteiger partial charge in [0.1, 0.15) is 0 Å². The van der Waals surface area contributed by atoms with Gasteiger partial charge in [-0.1, -0.05) is 17.7 Å². The molecule has 2 rings (SSSR count). The molecule has 0 radical (unpaired) electrons. The minimum atomic E-state index is -0.765. The van der Waals surface area contributed by atoms with E-state index in [0.717, 1.165) is 5.56 Å². The van der Waals surface area contributed by atoms with Gasteiger partial charge in [-0.3, -0.25) is 4.98 Å². The van der Waals surface area contributed by atoms with Crippen LogP contribution < -0.4 is 0 Å². The number of aromatic nitrogens is 3. The molecule has 3 nitrogen and oxygen atoms in total. The van der Waals surface area contributed by atoms with Crippen LogP contribution in [0.1, 0.15) is 11.3 Å². The first-order chi connectivity index (χ1) is 7.25. The molecule has 2 aromatic heterocycles. The van der Waals surface area contributed by atoms with Crippen molar-refractivity contribution in [3.05, 3.63) is 53.1 Å². The summed E-state index contributed by atoms with van der Waals surface area (Å²) in [4.78, 5) is 10.9. The summed E-state index contributed by atoms with van der Waals surface area (Å²) in [6.07, 6.45) is 4.31. The predicted octanol–water partition coefficient (Wildman–Crippen LogP) is 2.25. The monoisotopic (exact) mass is 223 g/mol. The average Bonchev–Trinajstić information content (AvgIpc) is 2.25. The second-order valence-electron chi connectivity index (χ2n) is 2.97. The van der Waals surface area contributed by atoms with Crippen molar-refractivity contribution in [1.29, 1.82) is 0 Å². The molecule has 2 aromatic rings. The van der Waals surface area contributed by atoms with E-state index in [1.807, 2.05) is 6.07 Å². The molecule has 0 amide bonds. The van der Waals surface area contributed by atoms with E-state index in [9.17, 15) is 4.39 Å². The third-order valence-electron chi connectivity index (χ3n) is 1.88. The number of halogens is 2. The van der Waals surface area contributed by atoms with Crippen molar-refractivity contribution < 1.29 is 4.39 Å². The van der Waals surface area contributed by atoms with Crippen molar-refractivity contribution in [3.8, 4) is 0 Å². The molecule has 0 unspecified atom stereocenters. The summed E-state index contributed by atoms with van der Waals surface area (Å²) in [5.74, 6) is 0. The summed E-state index contributed by atoms with van der Waals surface area (Å²) < 4.78 is 12.8. The molecule has 0 atom stereocenters. The number of pyridine rings is 1. The van der Waals surface area contributed by atoms with E-state index in [1.54, 1.807) is 18.5 Å². The Morgan fingerprint density at radius 3 is 2.93 bits per heavy atom. The van der Waals surface area contributed by atoms with Crippen molar-refractivity contribution >= 4 is 11.6 Å². The lowest BCUT2D eigenvalue weighted by Gasteiger charge is -2.02. The van der Waals surface area contributed by atoms with Crippen LogP contribution in [-0.2, 0) is 6.42 Å². The molecular weight excluding hydrogens is 217 g/mol. The predicted molar refractivity (Wildman–Crippen MR) is 54.0 cm³/mol. The second kappa shape index (κ2) is 4.31. The largest absolute Gasteiger partial charge is 0.308 e. The van der Waals surface area contributed by atoms with Crippen molar-refractivity contribution in [2.45, 2.75) is 6.42 Å². The lowest BCUT2D eigenvalue weighted by Crippen LogP contribution is -1.98. The quantitative estimate of drug-likeness (QED) is 0.733. The average molecular weight is 224 g/mol. The Hall–Kier alpha value is -1.55. The highest BCUT2D eigenvalue weighted by atomic mass is 35.5. The maximum atomic E-state index is 12.8. The fourth-order valence-corrected chi connectivity index (χ4v) is 1.36. The third-order valence-corrected chi connectivity index (χ3v) is 2.20. The zero-order valence-electron chi connectivity index (χ0n) is 7.69. The molecule has 2 heterocycles. The summed E-state index contributed by atoms with van der Waals surface area (Å²) in [6.45, 7) is 0. The van der Waals surface area contributed by atoms with Gasteiger partial charge in [0.15, 0.2) is 0 Å². The Labute approximate surface area is 91.0 Å². The summed E-state index contributed by atoms with van der Waals surface area (Å²) in [6, 6.07) is 3.68. The van der Waals surface area contributed by atoms with E-state index in [1.165, 1.54) is 6.20 Å². The molecule has 0 N–H and O–H groups in total. The van der Waals surface area contributed by atoms with Crippen molar-refractivity contribution in [2.24, 2.45) is 0 Å². The summed E-state index contributed by atoms with van der Waals surface area (Å²) in [7, 11) is 0. The Bertz CT molecular complexity index is 461. The smallest absolute Gasteiger partial charge is 0.264 e. The number of nitrogens with zero attached hydrogens (tertiary/aromatic N) is 3. The van der Waals surface area contributed by atoms with Gasteiger partial charge in [-0.2, -0.15) is 4.39 Å². The van der Waals surface area contributed by atoms with E-state index in [2.05, 4.69) is 15.0 Å². The van der Waals surface area contributed by atoms with Gasteiger partial charge in [-0.25, -0.2) is 9.97 Å². The fraction of sp³-hybridized carbons (Fsp3) is 0.100. The molecule has 0 spiro atoms. The standard InChI is InChI=1S/C10H7ClFN3/c11-8-6-14-10(12)15-9(8)4-7-2-1-3-13-5-7/h1-3,5-6H,4H2. The van der Waals surface area contributed by atoms with Gasteiger partial charge >= 0.3 is 6.08 Å². The zero-order chi connectivity index (χ0) is 10.7. The maximum Gasteiger partial charge on any atom is 0.308 e. The Balaban J connectivity index is 2.28. The Morgan fingerprint density at radius 2 is 2.20 bits per heavy atom. The van der Waals surface area contributed by atoms with Crippen molar-refractivity contribution in [1.82, 2.24) is 15.0 Å². The molecule has 15 heavy (non-hydrogen) atoms. The lowest BCUT2D eigenvalue weighted by molar-refractivity contribution is 0.533. The molecule has 0 aliphatic rings. The maximum absolute atomic E-state index is 12.8. The van der Waals surface area contributed by atoms with Crippen LogP contribution in [0.15, 0.2) is 30.7 Å². The Morgan fingerprint density at radius 1 is 1.33 bits per heavy atom. The molecule has 0 fully saturated rings. The van der Waals surface area contributed by atoms with E-state index >= 15 is 0 Å². The minimum Gasteiger partial charge on any atom is -0.264 e. The highest BCUT2D eigenvalue weighted by Crippen LogP contribution is 2.15. The highest BCUT2D eigenvalue weighted by molar-refractivity contribution is 6.31. The molecule has 5 heteroatoms. The van der Waals surface area contributed by atoms with Crippen LogP contribution in [0.5, 0.6) is 0 Å². The number of hydrogen-bond acceptors (Lipinski definition) is 3. The molecule has 0 saturated heterocycles. The van der Waals surface area contributed by atoms with E-state index < -0.39 is 6.08 Å². The Kier molecular flexibility index (Phi) is 2.87. The van der Waals surface area contributed by atoms with Gasteiger partial charge in [0.2, 0.25) is 0 Å². The molecule has 0 bridgehead atoms. The van der Waals surface area contributed by atoms with Gasteiger partial charge in [0.25, 0.3) is 0 Å². The van der Waals surface area contributed by atoms with Crippen molar-refractivity contribution in [3.63, 3.8) is 0 Å². The topological polar surface area (TPSA) is 38.7 Å². The molecule has 76 valence electrons. The summed E-state index contributed by atoms with van der Waals surface area (Å²) in [5, 5.41) is 0.361. The summed E-state index contributed by atoms with van der Waals surface area (Å²) >= 11 is 5.83. The highest BCUT2D eigenvalue weighted by Gasteiger charge is 2.05. The number of rotatable bonds is 2. The molecule has 0 aromatic carbocycles. The minimum absolute atomic E-state index is 0.361. The first-order valence-corrected chi connectivity index (χ1v) is 4.69. The summed E-state index contributed by atoms with van der Waals surface area (Å²) in [5.41, 5.74) is 1.40. The lowest BCUT2D eigenvalue weighted by atomic mass is 10.1. The van der Waals surface area contributed by atoms with Crippen molar-refractivity contribution in [2.75, 3.05) is 0 Å². The molecule has 0 saturated carbocycles. The van der Waals surface area contributed by atoms with Crippen LogP contribution in [0.25, 0.3) is 0 Å². The fourth-order valence-electron chi connectivity index (χ4n) is 1.20. The molecular formula is C10H7ClFN3. The molecule has 0 aliphatic carbocycles. The SMILES string of the molecule is Fc1ncc(Cl)c(Cc2cccnc2)n1. The van der Waals surface area contributed by atoms with Crippen LogP contribution in [0.3, 0.4) is 0 Å². The van der Waals surface area contributed by atoms with Crippen LogP contribution >= 0.6 is 11.6 Å². The first-order valence-electron chi connectivity index (χ1n) is 4.31.